The third kappa shape index (κ3) is 4.87. The van der Waals surface area contributed by atoms with E-state index in [4.69, 9.17) is 9.84 Å². The molecule has 100 valence electrons. The first-order valence-electron chi connectivity index (χ1n) is 5.79. The van der Waals surface area contributed by atoms with Gasteiger partial charge in [-0.1, -0.05) is 6.07 Å². The van der Waals surface area contributed by atoms with Gasteiger partial charge in [-0.2, -0.15) is 11.8 Å². The molecule has 1 aromatic carbocycles. The van der Waals surface area contributed by atoms with Crippen molar-refractivity contribution in [2.45, 2.75) is 18.9 Å². The lowest BCUT2D eigenvalue weighted by atomic mass is 10.1. The van der Waals surface area contributed by atoms with Crippen LogP contribution in [0.15, 0.2) is 24.3 Å². The van der Waals surface area contributed by atoms with Crippen molar-refractivity contribution >= 4 is 23.4 Å². The second-order valence-electron chi connectivity index (χ2n) is 3.90. The summed E-state index contributed by atoms with van der Waals surface area (Å²) in [7, 11) is 1.59. The Morgan fingerprint density at radius 3 is 2.94 bits per heavy atom. The highest BCUT2D eigenvalue weighted by atomic mass is 32.2. The van der Waals surface area contributed by atoms with Crippen molar-refractivity contribution in [3.05, 3.63) is 24.3 Å². The molecular weight excluding hydrogens is 250 g/mol. The predicted molar refractivity (Wildman–Crippen MR) is 75.7 cm³/mol. The lowest BCUT2D eigenvalue weighted by molar-refractivity contribution is -0.138. The van der Waals surface area contributed by atoms with E-state index in [2.05, 4.69) is 5.32 Å². The van der Waals surface area contributed by atoms with Crippen molar-refractivity contribution in [2.75, 3.05) is 24.4 Å². The van der Waals surface area contributed by atoms with Crippen LogP contribution in [0, 0.1) is 0 Å². The number of ether oxygens (including phenoxy) is 1. The first kappa shape index (κ1) is 14.7. The van der Waals surface area contributed by atoms with E-state index in [1.807, 2.05) is 24.5 Å². The quantitative estimate of drug-likeness (QED) is 0.711. The standard InChI is InChI=1S/C13H19NO3S/c1-17-11-6-3-5-10(9-11)14-12(13(15)16)7-4-8-18-2/h3,5-6,9,12,14H,4,7-8H2,1-2H3,(H,15,16). The zero-order valence-corrected chi connectivity index (χ0v) is 11.5. The molecule has 0 aliphatic heterocycles. The van der Waals surface area contributed by atoms with Gasteiger partial charge in [0.05, 0.1) is 7.11 Å². The number of thioether (sulfide) groups is 1. The Kier molecular flexibility index (Phi) is 6.43. The van der Waals surface area contributed by atoms with Crippen LogP contribution in [0.1, 0.15) is 12.8 Å². The van der Waals surface area contributed by atoms with E-state index in [9.17, 15) is 4.79 Å². The average molecular weight is 269 g/mol. The van der Waals surface area contributed by atoms with Gasteiger partial charge in [-0.15, -0.1) is 0 Å². The van der Waals surface area contributed by atoms with Crippen LogP contribution < -0.4 is 10.1 Å². The number of benzene rings is 1. The molecule has 1 unspecified atom stereocenters. The Labute approximate surface area is 112 Å². The summed E-state index contributed by atoms with van der Waals surface area (Å²) in [6.45, 7) is 0. The fourth-order valence-corrected chi connectivity index (χ4v) is 2.06. The van der Waals surface area contributed by atoms with Gasteiger partial charge in [-0.3, -0.25) is 0 Å². The molecule has 1 rings (SSSR count). The molecule has 0 radical (unpaired) electrons. The van der Waals surface area contributed by atoms with Gasteiger partial charge >= 0.3 is 5.97 Å². The molecule has 0 bridgehead atoms. The van der Waals surface area contributed by atoms with Gasteiger partial charge in [-0.25, -0.2) is 4.79 Å². The van der Waals surface area contributed by atoms with Crippen LogP contribution >= 0.6 is 11.8 Å². The van der Waals surface area contributed by atoms with Gasteiger partial charge < -0.3 is 15.2 Å². The number of nitrogens with one attached hydrogen (secondary N) is 1. The molecule has 2 N–H and O–H groups in total. The third-order valence-corrected chi connectivity index (χ3v) is 3.25. The van der Waals surface area contributed by atoms with Gasteiger partial charge in [0.1, 0.15) is 11.8 Å². The Bertz CT molecular complexity index is 384. The molecule has 0 saturated heterocycles. The maximum absolute atomic E-state index is 11.2. The maximum atomic E-state index is 11.2. The van der Waals surface area contributed by atoms with E-state index in [-0.39, 0.29) is 0 Å². The first-order valence-corrected chi connectivity index (χ1v) is 7.19. The van der Waals surface area contributed by atoms with E-state index in [0.29, 0.717) is 12.2 Å². The van der Waals surface area contributed by atoms with Gasteiger partial charge in [0, 0.05) is 11.8 Å². The summed E-state index contributed by atoms with van der Waals surface area (Å²) in [5, 5.41) is 12.2. The molecule has 0 heterocycles. The zero-order chi connectivity index (χ0) is 13.4. The average Bonchev–Trinajstić information content (AvgIpc) is 2.38. The van der Waals surface area contributed by atoms with Gasteiger partial charge in [-0.05, 0) is 37.0 Å². The number of carboxylic acids is 1. The molecule has 0 aromatic heterocycles. The van der Waals surface area contributed by atoms with Gasteiger partial charge in [0.15, 0.2) is 0 Å². The van der Waals surface area contributed by atoms with Crippen molar-refractivity contribution in [3.8, 4) is 5.75 Å². The second kappa shape index (κ2) is 7.87. The topological polar surface area (TPSA) is 58.6 Å². The van der Waals surface area contributed by atoms with E-state index < -0.39 is 12.0 Å². The zero-order valence-electron chi connectivity index (χ0n) is 10.7. The number of aliphatic carboxylic acids is 1. The van der Waals surface area contributed by atoms with E-state index in [0.717, 1.165) is 17.9 Å². The number of carboxylic acid groups (broad SMARTS) is 1. The van der Waals surface area contributed by atoms with Crippen LogP contribution in [0.2, 0.25) is 0 Å². The highest BCUT2D eigenvalue weighted by Crippen LogP contribution is 2.18. The molecule has 0 spiro atoms. The molecule has 0 fully saturated rings. The smallest absolute Gasteiger partial charge is 0.326 e. The maximum Gasteiger partial charge on any atom is 0.326 e. The van der Waals surface area contributed by atoms with Crippen LogP contribution in [0.4, 0.5) is 5.69 Å². The fourth-order valence-electron chi connectivity index (χ4n) is 1.60. The lowest BCUT2D eigenvalue weighted by Crippen LogP contribution is -2.29. The molecule has 1 atom stereocenters. The Morgan fingerprint density at radius 2 is 2.33 bits per heavy atom. The Balaban J connectivity index is 2.61. The van der Waals surface area contributed by atoms with E-state index in [1.54, 1.807) is 24.9 Å². The summed E-state index contributed by atoms with van der Waals surface area (Å²) >= 11 is 1.73. The summed E-state index contributed by atoms with van der Waals surface area (Å²) in [6.07, 6.45) is 3.52. The van der Waals surface area contributed by atoms with Crippen LogP contribution in [0.25, 0.3) is 0 Å². The molecule has 1 aromatic rings. The normalized spacial score (nSPS) is 11.9. The number of rotatable bonds is 8. The Hall–Kier alpha value is -1.36. The van der Waals surface area contributed by atoms with Crippen molar-refractivity contribution in [3.63, 3.8) is 0 Å². The summed E-state index contributed by atoms with van der Waals surface area (Å²) in [5.41, 5.74) is 0.769. The highest BCUT2D eigenvalue weighted by molar-refractivity contribution is 7.98. The first-order chi connectivity index (χ1) is 8.67. The third-order valence-electron chi connectivity index (χ3n) is 2.55. The largest absolute Gasteiger partial charge is 0.497 e. The van der Waals surface area contributed by atoms with E-state index in [1.165, 1.54) is 0 Å². The van der Waals surface area contributed by atoms with Gasteiger partial charge in [0.2, 0.25) is 0 Å². The summed E-state index contributed by atoms with van der Waals surface area (Å²) in [6, 6.07) is 6.75. The van der Waals surface area contributed by atoms with Crippen LogP contribution in [0.3, 0.4) is 0 Å². The monoisotopic (exact) mass is 269 g/mol. The van der Waals surface area contributed by atoms with Gasteiger partial charge in [0.25, 0.3) is 0 Å². The number of carbonyl (C=O) groups is 1. The summed E-state index contributed by atoms with van der Waals surface area (Å²) in [4.78, 5) is 11.2. The number of anilines is 1. The number of methoxy groups -OCH3 is 1. The minimum Gasteiger partial charge on any atom is -0.497 e. The predicted octanol–water partition coefficient (Wildman–Crippen LogP) is 2.70. The Morgan fingerprint density at radius 1 is 1.56 bits per heavy atom. The van der Waals surface area contributed by atoms with Crippen LogP contribution in [-0.4, -0.2) is 36.2 Å². The summed E-state index contributed by atoms with van der Waals surface area (Å²) in [5.74, 6) is 0.871. The number of hydrogen-bond acceptors (Lipinski definition) is 4. The van der Waals surface area contributed by atoms with Crippen molar-refractivity contribution in [2.24, 2.45) is 0 Å². The SMILES string of the molecule is COc1cccc(NC(CCCSC)C(=O)O)c1. The molecule has 18 heavy (non-hydrogen) atoms. The minimum absolute atomic E-state index is 0.552. The van der Waals surface area contributed by atoms with Crippen molar-refractivity contribution in [1.82, 2.24) is 0 Å². The molecule has 0 saturated carbocycles. The second-order valence-corrected chi connectivity index (χ2v) is 4.89. The van der Waals surface area contributed by atoms with Crippen molar-refractivity contribution < 1.29 is 14.6 Å². The van der Waals surface area contributed by atoms with Crippen LogP contribution in [0.5, 0.6) is 5.75 Å². The fraction of sp³-hybridized carbons (Fsp3) is 0.462. The number of hydrogen-bond donors (Lipinski definition) is 2. The molecule has 0 aliphatic carbocycles. The minimum atomic E-state index is -0.820. The summed E-state index contributed by atoms with van der Waals surface area (Å²) < 4.78 is 5.10. The van der Waals surface area contributed by atoms with Crippen molar-refractivity contribution in [1.29, 1.82) is 0 Å². The van der Waals surface area contributed by atoms with E-state index >= 15 is 0 Å². The molecule has 5 heteroatoms. The molecule has 4 nitrogen and oxygen atoms in total. The lowest BCUT2D eigenvalue weighted by Gasteiger charge is -2.16. The molecule has 0 amide bonds. The molecule has 0 aliphatic rings. The molecular formula is C13H19NO3S. The van der Waals surface area contributed by atoms with Crippen LogP contribution in [-0.2, 0) is 4.79 Å². The highest BCUT2D eigenvalue weighted by Gasteiger charge is 2.16.